The van der Waals surface area contributed by atoms with E-state index in [2.05, 4.69) is 56.0 Å². The summed E-state index contributed by atoms with van der Waals surface area (Å²) in [5, 5.41) is 28.8. The SMILES string of the molecule is C.Nc1ccc(-c2ccc3c(c2)OCO3)c2ccccc12.Nc1ccc(Br)c2ccccc12.Nc1cccc2ccccc12.O=C(Cl)c1ccco1.O=C(Nc1ccc(-c2ccc3c(c2)OCO3)c2ccccc12)c1ccco1.OB(O)c1ccc2c(c1)OCO2. The molecule has 16 rings (SSSR count). The molecule has 16 nitrogen and oxygen atoms in total. The van der Waals surface area contributed by atoms with Crippen molar-refractivity contribution in [1.82, 2.24) is 0 Å². The maximum Gasteiger partial charge on any atom is 0.488 e. The third-order valence-corrected chi connectivity index (χ3v) is 15.3. The average molecular weight is 1300 g/mol. The summed E-state index contributed by atoms with van der Waals surface area (Å²) in [6.07, 6.45) is 2.88. The summed E-state index contributed by atoms with van der Waals surface area (Å²) in [7, 11) is -1.46. The van der Waals surface area contributed by atoms with Gasteiger partial charge in [-0.05, 0) is 152 Å². The lowest BCUT2D eigenvalue weighted by Crippen LogP contribution is -2.29. The number of halogens is 2. The van der Waals surface area contributed by atoms with Gasteiger partial charge >= 0.3 is 7.12 Å². The van der Waals surface area contributed by atoms with Gasteiger partial charge < -0.3 is 69.8 Å². The van der Waals surface area contributed by atoms with Crippen LogP contribution in [-0.4, -0.2) is 48.7 Å². The number of hydrogen-bond donors (Lipinski definition) is 6. The Morgan fingerprint density at radius 1 is 0.429 bits per heavy atom. The van der Waals surface area contributed by atoms with Gasteiger partial charge in [-0.25, -0.2) is 0 Å². The Morgan fingerprint density at radius 2 is 0.868 bits per heavy atom. The summed E-state index contributed by atoms with van der Waals surface area (Å²) in [6, 6.07) is 73.2. The molecule has 0 bridgehead atoms. The average Bonchev–Trinajstić information content (AvgIpc) is 1.60. The largest absolute Gasteiger partial charge is 0.488 e. The van der Waals surface area contributed by atoms with Crippen LogP contribution in [0.15, 0.2) is 256 Å². The summed E-state index contributed by atoms with van der Waals surface area (Å²) in [5.74, 6) is 4.47. The highest BCUT2D eigenvalue weighted by atomic mass is 79.9. The minimum absolute atomic E-state index is 0. The fourth-order valence-electron chi connectivity index (χ4n) is 9.95. The number of fused-ring (bicyclic) bond motifs is 7. The first-order chi connectivity index (χ1) is 43.9. The zero-order chi connectivity index (χ0) is 62.5. The number of rotatable bonds is 6. The number of hydrogen-bond acceptors (Lipinski definition) is 15. The lowest BCUT2D eigenvalue weighted by Gasteiger charge is -2.12. The molecule has 0 saturated heterocycles. The van der Waals surface area contributed by atoms with Crippen LogP contribution in [0.25, 0.3) is 65.3 Å². The maximum absolute atomic E-state index is 12.4. The Hall–Kier alpha value is -10.9. The fraction of sp³-hybridized carbons (Fsp3) is 0.0556. The first-order valence-electron chi connectivity index (χ1n) is 28.0. The molecule has 1 amide bonds. The minimum Gasteiger partial charge on any atom is -0.460 e. The highest BCUT2D eigenvalue weighted by molar-refractivity contribution is 9.10. The van der Waals surface area contributed by atoms with Crippen molar-refractivity contribution < 1.29 is 56.9 Å². The molecule has 91 heavy (non-hydrogen) atoms. The predicted molar refractivity (Wildman–Crippen MR) is 365 cm³/mol. The second-order valence-electron chi connectivity index (χ2n) is 20.0. The van der Waals surface area contributed by atoms with Crippen molar-refractivity contribution in [3.8, 4) is 56.8 Å². The van der Waals surface area contributed by atoms with Crippen LogP contribution < -0.4 is 56.4 Å². The number of ether oxygens (including phenoxy) is 6. The molecule has 0 saturated carbocycles. The molecule has 0 unspecified atom stereocenters. The monoisotopic (exact) mass is 1300 g/mol. The van der Waals surface area contributed by atoms with Crippen molar-refractivity contribution in [3.63, 3.8) is 0 Å². The zero-order valence-corrected chi connectivity index (χ0v) is 50.1. The van der Waals surface area contributed by atoms with Crippen molar-refractivity contribution >= 4 is 117 Å². The number of amides is 1. The number of nitrogens with two attached hydrogens (primary N) is 3. The normalized spacial score (nSPS) is 11.6. The van der Waals surface area contributed by atoms with Gasteiger partial charge in [0.15, 0.2) is 46.0 Å². The van der Waals surface area contributed by atoms with Gasteiger partial charge in [0, 0.05) is 48.8 Å². The highest BCUT2D eigenvalue weighted by Crippen LogP contribution is 2.41. The Kier molecular flexibility index (Phi) is 20.4. The van der Waals surface area contributed by atoms with E-state index in [1.54, 1.807) is 36.4 Å². The van der Waals surface area contributed by atoms with Gasteiger partial charge in [0.1, 0.15) is 0 Å². The predicted octanol–water partition coefficient (Wildman–Crippen LogP) is 15.9. The van der Waals surface area contributed by atoms with Crippen molar-refractivity contribution in [2.45, 2.75) is 7.43 Å². The summed E-state index contributed by atoms with van der Waals surface area (Å²) in [6.45, 7) is 0.735. The van der Waals surface area contributed by atoms with E-state index in [9.17, 15) is 9.59 Å². The van der Waals surface area contributed by atoms with Gasteiger partial charge in [-0.3, -0.25) is 9.59 Å². The molecule has 0 fully saturated rings. The summed E-state index contributed by atoms with van der Waals surface area (Å²) < 4.78 is 42.7. The number of nitrogen functional groups attached to an aromatic ring is 3. The topological polar surface area (TPSA) is 246 Å². The van der Waals surface area contributed by atoms with Crippen LogP contribution in [0.1, 0.15) is 28.5 Å². The highest BCUT2D eigenvalue weighted by Gasteiger charge is 2.20. The third-order valence-electron chi connectivity index (χ3n) is 14.4. The van der Waals surface area contributed by atoms with Crippen molar-refractivity contribution in [3.05, 3.63) is 259 Å². The number of furan rings is 2. The van der Waals surface area contributed by atoms with Crippen LogP contribution in [0.4, 0.5) is 22.7 Å². The molecule has 11 aromatic carbocycles. The van der Waals surface area contributed by atoms with E-state index >= 15 is 0 Å². The number of nitrogens with one attached hydrogen (secondary N) is 1. The lowest BCUT2D eigenvalue weighted by molar-refractivity contribution is 0.0996. The van der Waals surface area contributed by atoms with E-state index in [0.717, 1.165) is 110 Å². The van der Waals surface area contributed by atoms with Crippen LogP contribution in [0, 0.1) is 0 Å². The van der Waals surface area contributed by atoms with Crippen LogP contribution in [0.3, 0.4) is 0 Å². The first-order valence-corrected chi connectivity index (χ1v) is 29.1. The first kappa shape index (κ1) is 63.1. The van der Waals surface area contributed by atoms with Crippen LogP contribution in [-0.2, 0) is 0 Å². The van der Waals surface area contributed by atoms with Crippen LogP contribution in [0.2, 0.25) is 0 Å². The molecule has 0 aliphatic carbocycles. The van der Waals surface area contributed by atoms with E-state index in [4.69, 9.17) is 71.7 Å². The molecule has 3 aliphatic rings. The molecule has 2 aromatic heterocycles. The minimum atomic E-state index is -1.46. The molecule has 9 N–H and O–H groups in total. The Balaban J connectivity index is 0.000000126. The molecule has 5 heterocycles. The lowest BCUT2D eigenvalue weighted by atomic mass is 9.80. The second-order valence-corrected chi connectivity index (χ2v) is 21.2. The molecule has 3 aliphatic heterocycles. The smallest absolute Gasteiger partial charge is 0.460 e. The fourth-order valence-corrected chi connectivity index (χ4v) is 10.5. The van der Waals surface area contributed by atoms with Crippen LogP contribution in [0.5, 0.6) is 34.5 Å². The Morgan fingerprint density at radius 3 is 1.40 bits per heavy atom. The molecule has 456 valence electrons. The molecule has 0 radical (unpaired) electrons. The Bertz CT molecular complexity index is 4640. The van der Waals surface area contributed by atoms with Gasteiger partial charge in [-0.2, -0.15) is 0 Å². The number of benzene rings is 11. The van der Waals surface area contributed by atoms with Gasteiger partial charge in [0.05, 0.1) is 12.5 Å². The molecule has 0 spiro atoms. The molecule has 0 atom stereocenters. The Labute approximate surface area is 537 Å². The molecular formula is C72H59BBrClN4O12. The second kappa shape index (κ2) is 29.4. The number of carbonyl (C=O) groups excluding carboxylic acids is 2. The zero-order valence-electron chi connectivity index (χ0n) is 47.8. The standard InChI is InChI=1S/C22H15NO4.C17H13NO2.C10H8BrN.C10H9N.C7H7BO4.C5H3ClO2.CH4/c24-22(20-6-3-11-25-20)23-18-9-8-15(16-4-1-2-5-17(16)18)14-7-10-19-21(12-14)27-13-26-19;18-15-7-6-12(13-3-1-2-4-14(13)15)11-5-8-16-17(9-11)20-10-19-16;11-9-5-6-10(12)8-4-2-1-3-7(8)9;11-10-7-3-5-8-4-1-2-6-9(8)10;9-8(10)5-1-2-6-7(3-5)12-4-11-6;6-5(7)4-2-1-3-8-4;/h1-12H,13H2,(H,23,24);1-9H,10,18H2;1-6H,12H2;1-7H,11H2;1-3,9-10H,4H2;1-3H;1H4. The van der Waals surface area contributed by atoms with Crippen molar-refractivity contribution in [2.75, 3.05) is 42.9 Å². The van der Waals surface area contributed by atoms with Gasteiger partial charge in [-0.1, -0.05) is 163 Å². The van der Waals surface area contributed by atoms with Crippen LogP contribution >= 0.6 is 27.5 Å². The van der Waals surface area contributed by atoms with E-state index in [0.29, 0.717) is 23.8 Å². The van der Waals surface area contributed by atoms with E-state index in [-0.39, 0.29) is 38.4 Å². The molecule has 19 heteroatoms. The molecule has 13 aromatic rings. The maximum atomic E-state index is 12.4. The van der Waals surface area contributed by atoms with E-state index in [1.807, 2.05) is 158 Å². The van der Waals surface area contributed by atoms with Crippen molar-refractivity contribution in [2.24, 2.45) is 0 Å². The summed E-state index contributed by atoms with van der Waals surface area (Å²) in [4.78, 5) is 22.5. The summed E-state index contributed by atoms with van der Waals surface area (Å²) in [5.41, 5.74) is 25.5. The molecular weight excluding hydrogens is 1240 g/mol. The third kappa shape index (κ3) is 15.0. The summed E-state index contributed by atoms with van der Waals surface area (Å²) >= 11 is 8.49. The number of anilines is 4. The van der Waals surface area contributed by atoms with Gasteiger partial charge in [-0.15, -0.1) is 0 Å². The van der Waals surface area contributed by atoms with Gasteiger partial charge in [0.2, 0.25) is 20.4 Å². The van der Waals surface area contributed by atoms with E-state index < -0.39 is 12.4 Å². The van der Waals surface area contributed by atoms with E-state index in [1.165, 1.54) is 24.0 Å². The number of carbonyl (C=O) groups is 2. The van der Waals surface area contributed by atoms with Gasteiger partial charge in [0.25, 0.3) is 11.1 Å². The quantitative estimate of drug-likeness (QED) is 0.0515. The van der Waals surface area contributed by atoms with Crippen molar-refractivity contribution in [1.29, 1.82) is 0 Å².